The van der Waals surface area contributed by atoms with Gasteiger partial charge in [-0.1, -0.05) is 11.6 Å². The fourth-order valence-electron chi connectivity index (χ4n) is 0.541. The van der Waals surface area contributed by atoms with Gasteiger partial charge in [0.2, 0.25) is 0 Å². The lowest BCUT2D eigenvalue weighted by Gasteiger charge is -2.13. The van der Waals surface area contributed by atoms with Crippen molar-refractivity contribution >= 4 is 19.4 Å². The molecule has 0 aromatic heterocycles. The quantitative estimate of drug-likeness (QED) is 0.714. The van der Waals surface area contributed by atoms with Gasteiger partial charge in [-0.05, 0) is 19.9 Å². The standard InChI is InChI=1S/C6H12ClO4P/c1-3-10-12(8,9)11-6(2)4-5-7/h4-6H,3H2,1-2H3,(H,8,9). The molecule has 1 N–H and O–H groups in total. The van der Waals surface area contributed by atoms with Crippen LogP contribution >= 0.6 is 19.4 Å². The highest BCUT2D eigenvalue weighted by Crippen LogP contribution is 2.44. The van der Waals surface area contributed by atoms with Crippen molar-refractivity contribution in [1.29, 1.82) is 0 Å². The molecular weight excluding hydrogens is 202 g/mol. The molecule has 0 aliphatic rings. The molecule has 2 atom stereocenters. The molecule has 0 amide bonds. The van der Waals surface area contributed by atoms with E-state index in [4.69, 9.17) is 16.5 Å². The van der Waals surface area contributed by atoms with E-state index in [9.17, 15) is 4.57 Å². The van der Waals surface area contributed by atoms with Crippen LogP contribution in [0.3, 0.4) is 0 Å². The van der Waals surface area contributed by atoms with E-state index < -0.39 is 13.9 Å². The van der Waals surface area contributed by atoms with Gasteiger partial charge < -0.3 is 4.89 Å². The predicted octanol–water partition coefficient (Wildman–Crippen LogP) is 2.28. The number of phosphoric acid groups is 1. The van der Waals surface area contributed by atoms with Crippen molar-refractivity contribution in [1.82, 2.24) is 0 Å². The molecule has 0 spiro atoms. The lowest BCUT2D eigenvalue weighted by molar-refractivity contribution is 0.136. The average Bonchev–Trinajstić information content (AvgIpc) is 1.85. The van der Waals surface area contributed by atoms with Gasteiger partial charge in [-0.3, -0.25) is 9.05 Å². The minimum atomic E-state index is -3.89. The van der Waals surface area contributed by atoms with Crippen LogP contribution in [0, 0.1) is 0 Å². The third-order valence-corrected chi connectivity index (χ3v) is 2.26. The number of hydrogen-bond donors (Lipinski definition) is 1. The third kappa shape index (κ3) is 5.75. The van der Waals surface area contributed by atoms with Gasteiger partial charge in [0.05, 0.1) is 12.7 Å². The highest BCUT2D eigenvalue weighted by molar-refractivity contribution is 7.47. The van der Waals surface area contributed by atoms with Crippen LogP contribution in [0.5, 0.6) is 0 Å². The Labute approximate surface area is 76.7 Å². The zero-order valence-corrected chi connectivity index (χ0v) is 8.59. The molecule has 4 nitrogen and oxygen atoms in total. The Morgan fingerprint density at radius 1 is 1.75 bits per heavy atom. The molecule has 0 aromatic rings. The van der Waals surface area contributed by atoms with Crippen molar-refractivity contribution in [3.8, 4) is 0 Å². The highest BCUT2D eigenvalue weighted by atomic mass is 35.5. The molecule has 0 saturated carbocycles. The smallest absolute Gasteiger partial charge is 0.302 e. The number of rotatable bonds is 5. The van der Waals surface area contributed by atoms with Crippen LogP contribution in [0.25, 0.3) is 0 Å². The van der Waals surface area contributed by atoms with Crippen molar-refractivity contribution < 1.29 is 18.5 Å². The van der Waals surface area contributed by atoms with E-state index in [1.54, 1.807) is 13.8 Å². The lowest BCUT2D eigenvalue weighted by atomic mass is 10.4. The SMILES string of the molecule is CCOP(=O)(O)OC(C)C=CCl. The highest BCUT2D eigenvalue weighted by Gasteiger charge is 2.21. The van der Waals surface area contributed by atoms with E-state index in [0.29, 0.717) is 0 Å². The summed E-state index contributed by atoms with van der Waals surface area (Å²) in [6, 6.07) is 0. The van der Waals surface area contributed by atoms with E-state index >= 15 is 0 Å². The van der Waals surface area contributed by atoms with Gasteiger partial charge in [0, 0.05) is 5.54 Å². The van der Waals surface area contributed by atoms with E-state index in [2.05, 4.69) is 9.05 Å². The third-order valence-electron chi connectivity index (χ3n) is 0.935. The van der Waals surface area contributed by atoms with E-state index in [-0.39, 0.29) is 6.61 Å². The Morgan fingerprint density at radius 2 is 2.33 bits per heavy atom. The Hall–Kier alpha value is 0.140. The molecule has 0 aliphatic heterocycles. The van der Waals surface area contributed by atoms with Crippen molar-refractivity contribution in [3.05, 3.63) is 11.6 Å². The molecule has 0 fully saturated rings. The Bertz CT molecular complexity index is 194. The van der Waals surface area contributed by atoms with Gasteiger partial charge in [0.25, 0.3) is 0 Å². The van der Waals surface area contributed by atoms with Gasteiger partial charge >= 0.3 is 7.82 Å². The van der Waals surface area contributed by atoms with Crippen LogP contribution in [0.2, 0.25) is 0 Å². The molecule has 0 radical (unpaired) electrons. The van der Waals surface area contributed by atoms with E-state index in [0.717, 1.165) is 0 Å². The van der Waals surface area contributed by atoms with Gasteiger partial charge in [-0.2, -0.15) is 0 Å². The fraction of sp³-hybridized carbons (Fsp3) is 0.667. The van der Waals surface area contributed by atoms with Gasteiger partial charge in [-0.15, -0.1) is 0 Å². The Kier molecular flexibility index (Phi) is 5.80. The van der Waals surface area contributed by atoms with Crippen molar-refractivity contribution in [3.63, 3.8) is 0 Å². The zero-order chi connectivity index (χ0) is 9.61. The molecule has 0 saturated heterocycles. The Morgan fingerprint density at radius 3 is 2.75 bits per heavy atom. The molecule has 0 heterocycles. The maximum absolute atomic E-state index is 10.9. The number of phosphoric ester groups is 1. The maximum atomic E-state index is 10.9. The van der Waals surface area contributed by atoms with Crippen LogP contribution in [0.1, 0.15) is 13.8 Å². The predicted molar refractivity (Wildman–Crippen MR) is 47.0 cm³/mol. The second-order valence-corrected chi connectivity index (χ2v) is 3.67. The summed E-state index contributed by atoms with van der Waals surface area (Å²) in [6.45, 7) is 3.32. The maximum Gasteiger partial charge on any atom is 0.472 e. The summed E-state index contributed by atoms with van der Waals surface area (Å²) < 4.78 is 20.0. The van der Waals surface area contributed by atoms with Crippen molar-refractivity contribution in [2.24, 2.45) is 0 Å². The number of halogens is 1. The largest absolute Gasteiger partial charge is 0.472 e. The molecule has 2 unspecified atom stereocenters. The lowest BCUT2D eigenvalue weighted by Crippen LogP contribution is -2.04. The summed E-state index contributed by atoms with van der Waals surface area (Å²) >= 11 is 5.23. The molecule has 0 bridgehead atoms. The monoisotopic (exact) mass is 214 g/mol. The van der Waals surface area contributed by atoms with E-state index in [1.807, 2.05) is 0 Å². The first-order valence-electron chi connectivity index (χ1n) is 3.44. The van der Waals surface area contributed by atoms with Crippen LogP contribution in [-0.2, 0) is 13.6 Å². The topological polar surface area (TPSA) is 55.8 Å². The first kappa shape index (κ1) is 12.1. The molecule has 12 heavy (non-hydrogen) atoms. The van der Waals surface area contributed by atoms with Crippen molar-refractivity contribution in [2.45, 2.75) is 20.0 Å². The first-order valence-corrected chi connectivity index (χ1v) is 5.37. The van der Waals surface area contributed by atoms with Crippen molar-refractivity contribution in [2.75, 3.05) is 6.61 Å². The summed E-state index contributed by atoms with van der Waals surface area (Å²) in [5, 5.41) is 0. The molecule has 0 rings (SSSR count). The second-order valence-electron chi connectivity index (χ2n) is 2.02. The fourth-order valence-corrected chi connectivity index (χ4v) is 1.62. The molecule has 0 aromatic carbocycles. The minimum Gasteiger partial charge on any atom is -0.302 e. The second kappa shape index (κ2) is 5.73. The Balaban J connectivity index is 3.96. The first-order chi connectivity index (χ1) is 5.52. The average molecular weight is 215 g/mol. The number of hydrogen-bond acceptors (Lipinski definition) is 3. The summed E-state index contributed by atoms with van der Waals surface area (Å²) in [5.41, 5.74) is 1.22. The van der Waals surface area contributed by atoms with Gasteiger partial charge in [0.15, 0.2) is 0 Å². The van der Waals surface area contributed by atoms with Gasteiger partial charge in [-0.25, -0.2) is 4.57 Å². The summed E-state index contributed by atoms with van der Waals surface area (Å²) in [5.74, 6) is 0. The molecule has 72 valence electrons. The van der Waals surface area contributed by atoms with Crippen LogP contribution < -0.4 is 0 Å². The molecule has 6 heteroatoms. The van der Waals surface area contributed by atoms with Crippen LogP contribution in [0.15, 0.2) is 11.6 Å². The van der Waals surface area contributed by atoms with E-state index in [1.165, 1.54) is 11.6 Å². The summed E-state index contributed by atoms with van der Waals surface area (Å²) in [6.07, 6.45) is 0.897. The zero-order valence-electron chi connectivity index (χ0n) is 6.94. The minimum absolute atomic E-state index is 0.130. The summed E-state index contributed by atoms with van der Waals surface area (Å²) in [4.78, 5) is 8.95. The summed E-state index contributed by atoms with van der Waals surface area (Å²) in [7, 11) is -3.89. The van der Waals surface area contributed by atoms with Crippen LogP contribution in [-0.4, -0.2) is 17.6 Å². The normalized spacial score (nSPS) is 19.3. The van der Waals surface area contributed by atoms with Gasteiger partial charge in [0.1, 0.15) is 0 Å². The molecular formula is C6H12ClO4P. The molecule has 0 aliphatic carbocycles. The van der Waals surface area contributed by atoms with Crippen LogP contribution in [0.4, 0.5) is 0 Å².